The Labute approximate surface area is 139 Å². The smallest absolute Gasteiger partial charge is 0.378 e. The van der Waals surface area contributed by atoms with Crippen molar-refractivity contribution in [2.45, 2.75) is 25.2 Å². The van der Waals surface area contributed by atoms with Crippen LogP contribution in [0.3, 0.4) is 0 Å². The van der Waals surface area contributed by atoms with Crippen LogP contribution in [-0.2, 0) is 27.7 Å². The van der Waals surface area contributed by atoms with Crippen LogP contribution < -0.4 is 4.72 Å². The Morgan fingerprint density at radius 2 is 1.88 bits per heavy atom. The fourth-order valence-corrected chi connectivity index (χ4v) is 3.06. The highest BCUT2D eigenvalue weighted by molar-refractivity contribution is 7.88. The molecule has 0 aliphatic carbocycles. The van der Waals surface area contributed by atoms with Crippen molar-refractivity contribution in [3.05, 3.63) is 35.4 Å². The van der Waals surface area contributed by atoms with Crippen molar-refractivity contribution in [2.24, 2.45) is 0 Å². The summed E-state index contributed by atoms with van der Waals surface area (Å²) in [4.78, 5) is 2.07. The molecule has 1 aromatic carbocycles. The first kappa shape index (κ1) is 19.2. The van der Waals surface area contributed by atoms with Crippen molar-refractivity contribution in [1.29, 1.82) is 0 Å². The highest BCUT2D eigenvalue weighted by Gasteiger charge is 2.27. The van der Waals surface area contributed by atoms with Crippen molar-refractivity contribution >= 4 is 10.0 Å². The van der Waals surface area contributed by atoms with Crippen LogP contribution in [0.25, 0.3) is 0 Å². The van der Waals surface area contributed by atoms with E-state index in [9.17, 15) is 21.6 Å². The predicted octanol–water partition coefficient (Wildman–Crippen LogP) is 1.54. The van der Waals surface area contributed by atoms with Crippen LogP contribution in [0.15, 0.2) is 24.3 Å². The normalized spacial score (nSPS) is 20.2. The molecule has 9 heteroatoms. The number of sulfonamides is 1. The maximum Gasteiger partial charge on any atom is 0.393 e. The molecule has 0 aromatic heterocycles. The molecule has 0 saturated carbocycles. The Balaban J connectivity index is 1.96. The van der Waals surface area contributed by atoms with Crippen LogP contribution in [-0.4, -0.2) is 58.1 Å². The molecule has 0 spiro atoms. The molecular formula is C15H21F3N2O3S. The summed E-state index contributed by atoms with van der Waals surface area (Å²) in [6.45, 7) is 2.37. The van der Waals surface area contributed by atoms with Gasteiger partial charge in [0.25, 0.3) is 0 Å². The maximum atomic E-state index is 12.4. The van der Waals surface area contributed by atoms with Gasteiger partial charge in [0.2, 0.25) is 10.0 Å². The van der Waals surface area contributed by atoms with E-state index >= 15 is 0 Å². The van der Waals surface area contributed by atoms with Crippen LogP contribution in [0.5, 0.6) is 0 Å². The van der Waals surface area contributed by atoms with Crippen molar-refractivity contribution in [3.63, 3.8) is 0 Å². The van der Waals surface area contributed by atoms with Crippen molar-refractivity contribution in [3.8, 4) is 0 Å². The lowest BCUT2D eigenvalue weighted by Gasteiger charge is -2.35. The Morgan fingerprint density at radius 3 is 2.46 bits per heavy atom. The van der Waals surface area contributed by atoms with Crippen LogP contribution >= 0.6 is 0 Å². The summed E-state index contributed by atoms with van der Waals surface area (Å²) in [5.74, 6) is 0. The van der Waals surface area contributed by atoms with Crippen molar-refractivity contribution < 1.29 is 26.3 Å². The van der Waals surface area contributed by atoms with Gasteiger partial charge in [0.15, 0.2) is 0 Å². The standard InChI is InChI=1S/C15H21F3N2O3S/c1-24(21,22)19-9-14-11-23-7-6-20(14)10-13-4-2-12(3-5-13)8-15(16,17)18/h2-5,14,19H,6-11H2,1H3. The van der Waals surface area contributed by atoms with Crippen LogP contribution in [0.2, 0.25) is 0 Å². The molecule has 2 rings (SSSR count). The minimum atomic E-state index is -4.21. The quantitative estimate of drug-likeness (QED) is 0.830. The van der Waals surface area contributed by atoms with Gasteiger partial charge in [-0.2, -0.15) is 13.2 Å². The molecule has 0 bridgehead atoms. The third kappa shape index (κ3) is 6.76. The molecule has 1 aliphatic rings. The molecule has 1 aromatic rings. The highest BCUT2D eigenvalue weighted by Crippen LogP contribution is 2.22. The van der Waals surface area contributed by atoms with E-state index in [1.54, 1.807) is 12.1 Å². The molecule has 0 radical (unpaired) electrons. The van der Waals surface area contributed by atoms with Gasteiger partial charge in [-0.05, 0) is 11.1 Å². The summed E-state index contributed by atoms with van der Waals surface area (Å²) in [5.41, 5.74) is 1.11. The van der Waals surface area contributed by atoms with E-state index in [0.717, 1.165) is 11.8 Å². The Kier molecular flexibility index (Phi) is 6.24. The summed E-state index contributed by atoms with van der Waals surface area (Å²) in [6.07, 6.45) is -4.06. The predicted molar refractivity (Wildman–Crippen MR) is 84.1 cm³/mol. The van der Waals surface area contributed by atoms with Gasteiger partial charge in [-0.3, -0.25) is 4.90 Å². The second-order valence-electron chi connectivity index (χ2n) is 5.93. The summed E-state index contributed by atoms with van der Waals surface area (Å²) in [7, 11) is -3.28. The van der Waals surface area contributed by atoms with E-state index in [-0.39, 0.29) is 18.2 Å². The first-order chi connectivity index (χ1) is 11.1. The number of morpholine rings is 1. The summed E-state index contributed by atoms with van der Waals surface area (Å²) in [5, 5.41) is 0. The van der Waals surface area contributed by atoms with Crippen molar-refractivity contribution in [1.82, 2.24) is 9.62 Å². The summed E-state index contributed by atoms with van der Waals surface area (Å²) < 4.78 is 67.4. The summed E-state index contributed by atoms with van der Waals surface area (Å²) in [6, 6.07) is 6.21. The van der Waals surface area contributed by atoms with Gasteiger partial charge in [0, 0.05) is 25.7 Å². The van der Waals surface area contributed by atoms with Crippen LogP contribution in [0, 0.1) is 0 Å². The first-order valence-corrected chi connectivity index (χ1v) is 9.42. The van der Waals surface area contributed by atoms with Gasteiger partial charge in [-0.25, -0.2) is 13.1 Å². The molecule has 1 N–H and O–H groups in total. The molecule has 1 unspecified atom stereocenters. The molecule has 1 fully saturated rings. The fraction of sp³-hybridized carbons (Fsp3) is 0.600. The molecule has 1 aliphatic heterocycles. The zero-order valence-electron chi connectivity index (χ0n) is 13.3. The monoisotopic (exact) mass is 366 g/mol. The molecule has 136 valence electrons. The number of halogens is 3. The third-order valence-corrected chi connectivity index (χ3v) is 4.43. The van der Waals surface area contributed by atoms with Crippen LogP contribution in [0.1, 0.15) is 11.1 Å². The number of rotatable bonds is 6. The lowest BCUT2D eigenvalue weighted by Crippen LogP contribution is -2.50. The topological polar surface area (TPSA) is 58.6 Å². The van der Waals surface area contributed by atoms with E-state index in [1.165, 1.54) is 12.1 Å². The highest BCUT2D eigenvalue weighted by atomic mass is 32.2. The molecule has 1 heterocycles. The minimum absolute atomic E-state index is 0.108. The lowest BCUT2D eigenvalue weighted by atomic mass is 10.1. The van der Waals surface area contributed by atoms with E-state index in [0.29, 0.717) is 26.3 Å². The van der Waals surface area contributed by atoms with E-state index < -0.39 is 22.6 Å². The average molecular weight is 366 g/mol. The largest absolute Gasteiger partial charge is 0.393 e. The van der Waals surface area contributed by atoms with Crippen molar-refractivity contribution in [2.75, 3.05) is 32.6 Å². The second kappa shape index (κ2) is 7.81. The average Bonchev–Trinajstić information content (AvgIpc) is 2.46. The first-order valence-electron chi connectivity index (χ1n) is 7.53. The number of ether oxygens (including phenoxy) is 1. The van der Waals surface area contributed by atoms with Gasteiger partial charge in [0.1, 0.15) is 0 Å². The van der Waals surface area contributed by atoms with Crippen LogP contribution in [0.4, 0.5) is 13.2 Å². The number of hydrogen-bond acceptors (Lipinski definition) is 4. The van der Waals surface area contributed by atoms with E-state index in [2.05, 4.69) is 9.62 Å². The summed E-state index contributed by atoms with van der Waals surface area (Å²) >= 11 is 0. The molecule has 1 atom stereocenters. The maximum absolute atomic E-state index is 12.4. The lowest BCUT2D eigenvalue weighted by molar-refractivity contribution is -0.127. The van der Waals surface area contributed by atoms with E-state index in [4.69, 9.17) is 4.74 Å². The van der Waals surface area contributed by atoms with Gasteiger partial charge in [-0.15, -0.1) is 0 Å². The number of nitrogens with zero attached hydrogens (tertiary/aromatic N) is 1. The zero-order valence-corrected chi connectivity index (χ0v) is 14.2. The third-order valence-electron chi connectivity index (χ3n) is 3.74. The Hall–Kier alpha value is -1.16. The molecular weight excluding hydrogens is 345 g/mol. The SMILES string of the molecule is CS(=O)(=O)NCC1COCCN1Cc1ccc(CC(F)(F)F)cc1. The number of nitrogens with one attached hydrogen (secondary N) is 1. The number of hydrogen-bond donors (Lipinski definition) is 1. The van der Waals surface area contributed by atoms with Gasteiger partial charge >= 0.3 is 6.18 Å². The second-order valence-corrected chi connectivity index (χ2v) is 7.76. The minimum Gasteiger partial charge on any atom is -0.378 e. The zero-order chi connectivity index (χ0) is 17.8. The molecule has 0 amide bonds. The molecule has 1 saturated heterocycles. The Morgan fingerprint density at radius 1 is 1.25 bits per heavy atom. The van der Waals surface area contributed by atoms with Gasteiger partial charge in [-0.1, -0.05) is 24.3 Å². The number of benzene rings is 1. The van der Waals surface area contributed by atoms with E-state index in [1.807, 2.05) is 0 Å². The fourth-order valence-electron chi connectivity index (χ4n) is 2.56. The Bertz CT molecular complexity index is 632. The molecule has 5 nitrogen and oxygen atoms in total. The molecule has 24 heavy (non-hydrogen) atoms. The van der Waals surface area contributed by atoms with Gasteiger partial charge < -0.3 is 4.74 Å². The number of alkyl halides is 3. The van der Waals surface area contributed by atoms with Gasteiger partial charge in [0.05, 0.1) is 25.9 Å².